The van der Waals surface area contributed by atoms with Gasteiger partial charge in [0.25, 0.3) is 5.56 Å². The SMILES string of the molecule is Nc1nc2c(c(=O)[nH]1)n(CC1CC1)c(=O)n2[C@@H]1O[C@H](C(O)C(F)(F)F)[C@H](F)[C@H]1O. The van der Waals surface area contributed by atoms with E-state index in [-0.39, 0.29) is 23.6 Å². The molecule has 5 N–H and O–H groups in total. The summed E-state index contributed by atoms with van der Waals surface area (Å²) in [6.07, 6.45) is -16.1. The predicted octanol–water partition coefficient (Wildman–Crippen LogP) is -0.602. The summed E-state index contributed by atoms with van der Waals surface area (Å²) < 4.78 is 59.3. The minimum Gasteiger partial charge on any atom is -0.385 e. The minimum atomic E-state index is -5.21. The monoisotopic (exact) mass is 423 g/mol. The number of nitrogen functional groups attached to an aromatic ring is 1. The Labute approximate surface area is 158 Å². The summed E-state index contributed by atoms with van der Waals surface area (Å²) in [5.41, 5.74) is 3.22. The van der Waals surface area contributed by atoms with Crippen molar-refractivity contribution in [2.75, 3.05) is 5.73 Å². The number of ether oxygens (including phenoxy) is 1. The zero-order chi connectivity index (χ0) is 21.2. The second-order valence-corrected chi connectivity index (χ2v) is 7.24. The van der Waals surface area contributed by atoms with Gasteiger partial charge in [0.1, 0.15) is 12.2 Å². The summed E-state index contributed by atoms with van der Waals surface area (Å²) >= 11 is 0. The number of hydrogen-bond donors (Lipinski definition) is 4. The number of aromatic nitrogens is 4. The van der Waals surface area contributed by atoms with Gasteiger partial charge in [-0.05, 0) is 18.8 Å². The summed E-state index contributed by atoms with van der Waals surface area (Å²) in [4.78, 5) is 31.3. The Kier molecular flexibility index (Phi) is 4.47. The van der Waals surface area contributed by atoms with Crippen LogP contribution in [-0.4, -0.2) is 60.0 Å². The van der Waals surface area contributed by atoms with Crippen LogP contribution in [0.3, 0.4) is 0 Å². The second-order valence-electron chi connectivity index (χ2n) is 7.24. The second kappa shape index (κ2) is 6.53. The maximum Gasteiger partial charge on any atom is 0.417 e. The first-order valence-electron chi connectivity index (χ1n) is 8.73. The predicted molar refractivity (Wildman–Crippen MR) is 88.6 cm³/mol. The Morgan fingerprint density at radius 3 is 2.59 bits per heavy atom. The average Bonchev–Trinajstić information content (AvgIpc) is 3.34. The van der Waals surface area contributed by atoms with Gasteiger partial charge in [-0.1, -0.05) is 0 Å². The number of aliphatic hydroxyl groups is 2. The van der Waals surface area contributed by atoms with E-state index < -0.39 is 54.1 Å². The normalized spacial score (nSPS) is 28.9. The first kappa shape index (κ1) is 19.8. The molecule has 1 saturated heterocycles. The number of aromatic amines is 1. The molecule has 4 rings (SSSR count). The highest BCUT2D eigenvalue weighted by atomic mass is 19.4. The molecule has 2 aromatic rings. The van der Waals surface area contributed by atoms with Crippen LogP contribution < -0.4 is 17.0 Å². The van der Waals surface area contributed by atoms with Crippen LogP contribution in [0.25, 0.3) is 11.2 Å². The number of anilines is 1. The lowest BCUT2D eigenvalue weighted by atomic mass is 10.1. The zero-order valence-electron chi connectivity index (χ0n) is 14.6. The maximum atomic E-state index is 14.3. The van der Waals surface area contributed by atoms with Crippen LogP contribution in [0.15, 0.2) is 9.59 Å². The number of aliphatic hydroxyl groups excluding tert-OH is 2. The fourth-order valence-corrected chi connectivity index (χ4v) is 3.47. The van der Waals surface area contributed by atoms with Crippen LogP contribution in [0.1, 0.15) is 19.1 Å². The molecule has 2 fully saturated rings. The molecular formula is C15H17F4N5O5. The van der Waals surface area contributed by atoms with Gasteiger partial charge >= 0.3 is 11.9 Å². The first-order valence-corrected chi connectivity index (χ1v) is 8.73. The molecule has 0 spiro atoms. The van der Waals surface area contributed by atoms with Crippen molar-refractivity contribution in [1.29, 1.82) is 0 Å². The topological polar surface area (TPSA) is 148 Å². The fourth-order valence-electron chi connectivity index (χ4n) is 3.47. The number of nitrogens with zero attached hydrogens (tertiary/aromatic N) is 3. The van der Waals surface area contributed by atoms with Crippen molar-refractivity contribution in [3.63, 3.8) is 0 Å². The molecule has 2 aliphatic rings. The lowest BCUT2D eigenvalue weighted by Gasteiger charge is -2.22. The van der Waals surface area contributed by atoms with Crippen molar-refractivity contribution >= 4 is 17.1 Å². The fraction of sp³-hybridized carbons (Fsp3) is 0.667. The Morgan fingerprint density at radius 1 is 1.34 bits per heavy atom. The number of nitrogens with one attached hydrogen (secondary N) is 1. The van der Waals surface area contributed by atoms with Crippen LogP contribution in [0, 0.1) is 5.92 Å². The van der Waals surface area contributed by atoms with Crippen molar-refractivity contribution < 1.29 is 32.5 Å². The number of fused-ring (bicyclic) bond motifs is 1. The largest absolute Gasteiger partial charge is 0.417 e. The molecule has 29 heavy (non-hydrogen) atoms. The maximum absolute atomic E-state index is 14.3. The third-order valence-corrected chi connectivity index (χ3v) is 5.10. The number of nitrogens with two attached hydrogens (primary N) is 1. The van der Waals surface area contributed by atoms with Gasteiger partial charge in [-0.25, -0.2) is 13.8 Å². The standard InChI is InChI=1S/C15H17F4N5O5/c16-5-7(25)12(29-8(5)9(26)15(17,18)19)24-10-6(11(27)22-13(20)21-10)23(14(24)28)3-4-1-2-4/h4-5,7-9,12,25-26H,1-3H2,(H3,20,21,22,27)/t5-,7-,8+,9?,12-/m1/s1. The van der Waals surface area contributed by atoms with Crippen molar-refractivity contribution in [3.05, 3.63) is 20.8 Å². The van der Waals surface area contributed by atoms with Gasteiger partial charge in [0.15, 0.2) is 29.7 Å². The highest BCUT2D eigenvalue weighted by Gasteiger charge is 2.56. The van der Waals surface area contributed by atoms with Crippen LogP contribution in [-0.2, 0) is 11.3 Å². The molecular weight excluding hydrogens is 406 g/mol. The lowest BCUT2D eigenvalue weighted by molar-refractivity contribution is -0.241. The van der Waals surface area contributed by atoms with Gasteiger partial charge in [-0.2, -0.15) is 18.2 Å². The molecule has 14 heteroatoms. The van der Waals surface area contributed by atoms with Crippen LogP contribution in [0.5, 0.6) is 0 Å². The van der Waals surface area contributed by atoms with Crippen molar-refractivity contribution in [1.82, 2.24) is 19.1 Å². The van der Waals surface area contributed by atoms with E-state index >= 15 is 0 Å². The van der Waals surface area contributed by atoms with Gasteiger partial charge in [-0.15, -0.1) is 0 Å². The summed E-state index contributed by atoms with van der Waals surface area (Å²) in [5, 5.41) is 19.5. The van der Waals surface area contributed by atoms with Crippen molar-refractivity contribution in [2.45, 2.75) is 56.3 Å². The summed E-state index contributed by atoms with van der Waals surface area (Å²) in [6.45, 7) is 0.132. The van der Waals surface area contributed by atoms with Gasteiger partial charge in [-0.3, -0.25) is 14.3 Å². The molecule has 1 unspecified atom stereocenters. The van der Waals surface area contributed by atoms with Gasteiger partial charge < -0.3 is 20.7 Å². The third-order valence-electron chi connectivity index (χ3n) is 5.10. The van der Waals surface area contributed by atoms with E-state index in [4.69, 9.17) is 10.5 Å². The minimum absolute atomic E-state index is 0.117. The van der Waals surface area contributed by atoms with E-state index in [1.807, 2.05) is 0 Å². The lowest BCUT2D eigenvalue weighted by Crippen LogP contribution is -2.44. The van der Waals surface area contributed by atoms with Crippen molar-refractivity contribution in [3.8, 4) is 0 Å². The number of H-pyrrole nitrogens is 1. The summed E-state index contributed by atoms with van der Waals surface area (Å²) in [6, 6.07) is 0. The molecule has 0 radical (unpaired) electrons. The van der Waals surface area contributed by atoms with Gasteiger partial charge in [0.2, 0.25) is 5.95 Å². The summed E-state index contributed by atoms with van der Waals surface area (Å²) in [7, 11) is 0. The number of alkyl halides is 4. The molecule has 0 amide bonds. The van der Waals surface area contributed by atoms with E-state index in [1.165, 1.54) is 0 Å². The van der Waals surface area contributed by atoms with Crippen LogP contribution in [0.4, 0.5) is 23.5 Å². The van der Waals surface area contributed by atoms with Gasteiger partial charge in [0, 0.05) is 6.54 Å². The molecule has 1 aliphatic heterocycles. The Hall–Kier alpha value is -2.45. The van der Waals surface area contributed by atoms with E-state index in [0.717, 1.165) is 17.4 Å². The Bertz CT molecular complexity index is 1060. The van der Waals surface area contributed by atoms with Gasteiger partial charge in [0.05, 0.1) is 0 Å². The van der Waals surface area contributed by atoms with Crippen LogP contribution >= 0.6 is 0 Å². The molecule has 5 atom stereocenters. The molecule has 0 bridgehead atoms. The molecule has 2 aromatic heterocycles. The number of rotatable bonds is 4. The number of halogens is 4. The Balaban J connectivity index is 1.84. The van der Waals surface area contributed by atoms with E-state index in [9.17, 15) is 37.4 Å². The smallest absolute Gasteiger partial charge is 0.385 e. The number of hydrogen-bond acceptors (Lipinski definition) is 7. The summed E-state index contributed by atoms with van der Waals surface area (Å²) in [5.74, 6) is -0.275. The molecule has 0 aromatic carbocycles. The highest BCUT2D eigenvalue weighted by Crippen LogP contribution is 2.38. The quantitative estimate of drug-likeness (QED) is 0.480. The molecule has 160 valence electrons. The van der Waals surface area contributed by atoms with Crippen molar-refractivity contribution in [2.24, 2.45) is 5.92 Å². The molecule has 1 saturated carbocycles. The van der Waals surface area contributed by atoms with Crippen LogP contribution in [0.2, 0.25) is 0 Å². The van der Waals surface area contributed by atoms with E-state index in [0.29, 0.717) is 4.57 Å². The highest BCUT2D eigenvalue weighted by molar-refractivity contribution is 5.71. The molecule has 10 nitrogen and oxygen atoms in total. The van der Waals surface area contributed by atoms with E-state index in [2.05, 4.69) is 9.97 Å². The Morgan fingerprint density at radius 2 is 2.00 bits per heavy atom. The third kappa shape index (κ3) is 3.20. The average molecular weight is 423 g/mol. The zero-order valence-corrected chi connectivity index (χ0v) is 14.6. The first-order chi connectivity index (χ1) is 13.5. The molecule has 3 heterocycles. The van der Waals surface area contributed by atoms with E-state index in [1.54, 1.807) is 0 Å². The molecule has 1 aliphatic carbocycles. The number of imidazole rings is 1.